The van der Waals surface area contributed by atoms with Gasteiger partial charge in [0.1, 0.15) is 0 Å². The number of anilines is 1. The van der Waals surface area contributed by atoms with Crippen molar-refractivity contribution in [2.24, 2.45) is 0 Å². The second-order valence-electron chi connectivity index (χ2n) is 9.51. The van der Waals surface area contributed by atoms with E-state index in [0.29, 0.717) is 18.5 Å². The van der Waals surface area contributed by atoms with E-state index in [1.807, 2.05) is 43.9 Å². The summed E-state index contributed by atoms with van der Waals surface area (Å²) in [6.07, 6.45) is 8.89. The molecule has 174 valence electrons. The molecule has 3 aromatic heterocycles. The van der Waals surface area contributed by atoms with Crippen LogP contribution in [-0.2, 0) is 10.3 Å². The van der Waals surface area contributed by atoms with Crippen molar-refractivity contribution in [3.05, 3.63) is 30.4 Å². The van der Waals surface area contributed by atoms with Crippen LogP contribution in [0.15, 0.2) is 24.7 Å². The standard InChI is InChI=1S/C23H34N6O3/c1-15(13-32-4)26-22-24-11-21-19(17-10-25-28(12-17)23(2,3)14-30)9-20(29(21)27-22)16-5-7-18(31)8-6-16/h9-12,15-16,18,30-31H,5-8,13-14H2,1-4H3,(H,26,27)/t15-,16?,18?/m0/s1. The molecule has 1 aliphatic rings. The van der Waals surface area contributed by atoms with Crippen molar-refractivity contribution in [2.45, 2.75) is 70.1 Å². The molecule has 32 heavy (non-hydrogen) atoms. The van der Waals surface area contributed by atoms with Gasteiger partial charge in [0, 0.05) is 42.1 Å². The molecular formula is C23H34N6O3. The van der Waals surface area contributed by atoms with Crippen LogP contribution < -0.4 is 5.32 Å². The number of aliphatic hydroxyl groups excluding tert-OH is 2. The number of hydrogen-bond acceptors (Lipinski definition) is 7. The fourth-order valence-electron chi connectivity index (χ4n) is 4.35. The zero-order chi connectivity index (χ0) is 22.9. The number of nitrogens with one attached hydrogen (secondary N) is 1. The number of aliphatic hydroxyl groups is 2. The van der Waals surface area contributed by atoms with E-state index in [1.54, 1.807) is 11.8 Å². The minimum absolute atomic E-state index is 0.00191. The van der Waals surface area contributed by atoms with Crippen molar-refractivity contribution in [2.75, 3.05) is 25.6 Å². The van der Waals surface area contributed by atoms with Crippen LogP contribution >= 0.6 is 0 Å². The van der Waals surface area contributed by atoms with Gasteiger partial charge in [-0.1, -0.05) is 0 Å². The lowest BCUT2D eigenvalue weighted by atomic mass is 9.85. The first-order valence-electron chi connectivity index (χ1n) is 11.3. The Morgan fingerprint density at radius 3 is 2.69 bits per heavy atom. The van der Waals surface area contributed by atoms with Gasteiger partial charge >= 0.3 is 0 Å². The molecule has 0 aliphatic heterocycles. The third kappa shape index (κ3) is 4.51. The normalized spacial score (nSPS) is 20.6. The summed E-state index contributed by atoms with van der Waals surface area (Å²) in [4.78, 5) is 4.55. The van der Waals surface area contributed by atoms with E-state index < -0.39 is 5.54 Å². The lowest BCUT2D eigenvalue weighted by Gasteiger charge is -2.25. The maximum atomic E-state index is 9.98. The fraction of sp³-hybridized carbons (Fsp3) is 0.609. The van der Waals surface area contributed by atoms with E-state index >= 15 is 0 Å². The Morgan fingerprint density at radius 1 is 1.25 bits per heavy atom. The summed E-state index contributed by atoms with van der Waals surface area (Å²) in [6, 6.07) is 2.27. The molecule has 3 N–H and O–H groups in total. The van der Waals surface area contributed by atoms with Gasteiger partial charge in [0.2, 0.25) is 5.95 Å². The Kier molecular flexibility index (Phi) is 6.50. The predicted octanol–water partition coefficient (Wildman–Crippen LogP) is 2.79. The Bertz CT molecular complexity index is 1050. The quantitative estimate of drug-likeness (QED) is 0.492. The first kappa shape index (κ1) is 22.7. The molecule has 0 amide bonds. The summed E-state index contributed by atoms with van der Waals surface area (Å²) in [5.41, 5.74) is 3.53. The van der Waals surface area contributed by atoms with E-state index in [2.05, 4.69) is 21.5 Å². The molecule has 0 spiro atoms. The van der Waals surface area contributed by atoms with Crippen LogP contribution in [0.1, 0.15) is 58.1 Å². The monoisotopic (exact) mass is 442 g/mol. The molecule has 0 bridgehead atoms. The van der Waals surface area contributed by atoms with Crippen molar-refractivity contribution in [1.82, 2.24) is 24.4 Å². The smallest absolute Gasteiger partial charge is 0.241 e. The highest BCUT2D eigenvalue weighted by Crippen LogP contribution is 2.37. The highest BCUT2D eigenvalue weighted by molar-refractivity contribution is 5.81. The van der Waals surface area contributed by atoms with Crippen LogP contribution in [-0.4, -0.2) is 67.1 Å². The molecule has 0 unspecified atom stereocenters. The van der Waals surface area contributed by atoms with Gasteiger partial charge in [0.25, 0.3) is 0 Å². The zero-order valence-electron chi connectivity index (χ0n) is 19.3. The lowest BCUT2D eigenvalue weighted by molar-refractivity contribution is 0.121. The van der Waals surface area contributed by atoms with Crippen LogP contribution in [0.4, 0.5) is 5.95 Å². The lowest BCUT2D eigenvalue weighted by Crippen LogP contribution is -2.30. The van der Waals surface area contributed by atoms with Gasteiger partial charge in [-0.3, -0.25) is 4.68 Å². The molecule has 1 atom stereocenters. The van der Waals surface area contributed by atoms with Crippen molar-refractivity contribution in [1.29, 1.82) is 0 Å². The minimum Gasteiger partial charge on any atom is -0.394 e. The van der Waals surface area contributed by atoms with Gasteiger partial charge in [-0.25, -0.2) is 9.50 Å². The summed E-state index contributed by atoms with van der Waals surface area (Å²) in [6.45, 7) is 6.48. The van der Waals surface area contributed by atoms with Crippen molar-refractivity contribution in [3.63, 3.8) is 0 Å². The number of rotatable bonds is 8. The number of aromatic nitrogens is 5. The third-order valence-electron chi connectivity index (χ3n) is 6.35. The SMILES string of the molecule is COC[C@H](C)Nc1ncc2c(-c3cnn(C(C)(C)CO)c3)cc(C3CCC(O)CC3)n2n1. The van der Waals surface area contributed by atoms with E-state index in [1.165, 1.54) is 0 Å². The molecule has 9 nitrogen and oxygen atoms in total. The van der Waals surface area contributed by atoms with Gasteiger partial charge in [-0.2, -0.15) is 5.10 Å². The number of ether oxygens (including phenoxy) is 1. The Balaban J connectivity index is 1.76. The van der Waals surface area contributed by atoms with E-state index in [-0.39, 0.29) is 18.8 Å². The number of nitrogens with zero attached hydrogens (tertiary/aromatic N) is 5. The van der Waals surface area contributed by atoms with Gasteiger partial charge in [-0.15, -0.1) is 5.10 Å². The maximum Gasteiger partial charge on any atom is 0.241 e. The van der Waals surface area contributed by atoms with Gasteiger partial charge < -0.3 is 20.3 Å². The topological polar surface area (TPSA) is 110 Å². The maximum absolute atomic E-state index is 9.98. The Hall–Kier alpha value is -2.49. The molecule has 3 aromatic rings. The third-order valence-corrected chi connectivity index (χ3v) is 6.35. The molecule has 9 heteroatoms. The summed E-state index contributed by atoms with van der Waals surface area (Å²) in [7, 11) is 1.67. The predicted molar refractivity (Wildman–Crippen MR) is 123 cm³/mol. The van der Waals surface area contributed by atoms with Gasteiger partial charge in [-0.05, 0) is 52.5 Å². The van der Waals surface area contributed by atoms with Crippen LogP contribution in [0, 0.1) is 0 Å². The fourth-order valence-corrected chi connectivity index (χ4v) is 4.35. The van der Waals surface area contributed by atoms with E-state index in [4.69, 9.17) is 9.84 Å². The second-order valence-corrected chi connectivity index (χ2v) is 9.51. The first-order chi connectivity index (χ1) is 15.3. The highest BCUT2D eigenvalue weighted by Gasteiger charge is 2.27. The van der Waals surface area contributed by atoms with Crippen LogP contribution in [0.5, 0.6) is 0 Å². The minimum atomic E-state index is -0.485. The first-order valence-corrected chi connectivity index (χ1v) is 11.3. The largest absolute Gasteiger partial charge is 0.394 e. The molecule has 1 saturated carbocycles. The molecule has 0 radical (unpaired) electrons. The molecule has 0 aromatic carbocycles. The number of methoxy groups -OCH3 is 1. The molecule has 1 fully saturated rings. The molecule has 3 heterocycles. The van der Waals surface area contributed by atoms with E-state index in [0.717, 1.165) is 48.0 Å². The van der Waals surface area contributed by atoms with Crippen molar-refractivity contribution in [3.8, 4) is 11.1 Å². The summed E-state index contributed by atoms with van der Waals surface area (Å²) in [5.74, 6) is 0.876. The Labute approximate surface area is 188 Å². The van der Waals surface area contributed by atoms with Crippen molar-refractivity contribution < 1.29 is 14.9 Å². The summed E-state index contributed by atoms with van der Waals surface area (Å²) in [5, 5.41) is 32.3. The molecule has 0 saturated heterocycles. The summed E-state index contributed by atoms with van der Waals surface area (Å²) >= 11 is 0. The van der Waals surface area contributed by atoms with Gasteiger partial charge in [0.05, 0.1) is 42.8 Å². The van der Waals surface area contributed by atoms with Crippen molar-refractivity contribution >= 4 is 11.5 Å². The Morgan fingerprint density at radius 2 is 2.00 bits per heavy atom. The number of fused-ring (bicyclic) bond motifs is 1. The average molecular weight is 443 g/mol. The second kappa shape index (κ2) is 9.17. The molecular weight excluding hydrogens is 408 g/mol. The van der Waals surface area contributed by atoms with E-state index in [9.17, 15) is 10.2 Å². The summed E-state index contributed by atoms with van der Waals surface area (Å²) < 4.78 is 9.00. The van der Waals surface area contributed by atoms with Gasteiger partial charge in [0.15, 0.2) is 0 Å². The van der Waals surface area contributed by atoms with Crippen LogP contribution in [0.2, 0.25) is 0 Å². The van der Waals surface area contributed by atoms with Crippen LogP contribution in [0.25, 0.3) is 16.6 Å². The zero-order valence-corrected chi connectivity index (χ0v) is 19.3. The highest BCUT2D eigenvalue weighted by atomic mass is 16.5. The molecule has 1 aliphatic carbocycles. The average Bonchev–Trinajstić information content (AvgIpc) is 3.40. The van der Waals surface area contributed by atoms with Crippen LogP contribution in [0.3, 0.4) is 0 Å². The number of hydrogen-bond donors (Lipinski definition) is 3. The molecule has 4 rings (SSSR count).